The molecule has 0 saturated heterocycles. The normalized spacial score (nSPS) is 10.6. The number of rotatable bonds is 4. The third-order valence-corrected chi connectivity index (χ3v) is 3.45. The van der Waals surface area contributed by atoms with Crippen LogP contribution in [0, 0.1) is 0 Å². The maximum Gasteiger partial charge on any atom is 0.224 e. The van der Waals surface area contributed by atoms with Crippen LogP contribution in [0.3, 0.4) is 0 Å². The molecule has 106 valence electrons. The lowest BCUT2D eigenvalue weighted by molar-refractivity contribution is 1.10. The minimum atomic E-state index is 0.604. The number of hydrogen-bond acceptors (Lipinski definition) is 4. The molecule has 1 aromatic heterocycles. The Morgan fingerprint density at radius 1 is 1.00 bits per heavy atom. The van der Waals surface area contributed by atoms with Gasteiger partial charge in [-0.05, 0) is 29.8 Å². The highest BCUT2D eigenvalue weighted by Crippen LogP contribution is 2.22. The largest absolute Gasteiger partial charge is 0.365 e. The van der Waals surface area contributed by atoms with Gasteiger partial charge in [0.1, 0.15) is 5.82 Å². The van der Waals surface area contributed by atoms with Crippen LogP contribution < -0.4 is 10.6 Å². The van der Waals surface area contributed by atoms with E-state index in [0.29, 0.717) is 12.5 Å². The van der Waals surface area contributed by atoms with E-state index in [9.17, 15) is 0 Å². The van der Waals surface area contributed by atoms with Gasteiger partial charge in [-0.15, -0.1) is 0 Å². The molecule has 0 amide bonds. The van der Waals surface area contributed by atoms with E-state index in [1.165, 1.54) is 0 Å². The fourth-order valence-corrected chi connectivity index (χ4v) is 2.24. The van der Waals surface area contributed by atoms with Crippen LogP contribution in [0.4, 0.5) is 11.8 Å². The van der Waals surface area contributed by atoms with E-state index in [1.807, 2.05) is 55.6 Å². The van der Waals surface area contributed by atoms with Crippen LogP contribution in [0.1, 0.15) is 5.56 Å². The number of fused-ring (bicyclic) bond motifs is 1. The van der Waals surface area contributed by atoms with Crippen LogP contribution in [-0.4, -0.2) is 17.0 Å². The molecule has 0 unspecified atom stereocenters. The first-order valence-corrected chi connectivity index (χ1v) is 7.07. The van der Waals surface area contributed by atoms with Gasteiger partial charge in [-0.1, -0.05) is 35.9 Å². The quantitative estimate of drug-likeness (QED) is 0.766. The Bertz CT molecular complexity index is 756. The van der Waals surface area contributed by atoms with Crippen molar-refractivity contribution < 1.29 is 0 Å². The molecule has 0 radical (unpaired) electrons. The van der Waals surface area contributed by atoms with E-state index >= 15 is 0 Å². The molecular weight excluding hydrogens is 284 g/mol. The summed E-state index contributed by atoms with van der Waals surface area (Å²) in [4.78, 5) is 8.93. The Morgan fingerprint density at radius 2 is 1.76 bits per heavy atom. The van der Waals surface area contributed by atoms with Crippen molar-refractivity contribution in [1.29, 1.82) is 0 Å². The van der Waals surface area contributed by atoms with Crippen molar-refractivity contribution in [3.63, 3.8) is 0 Å². The lowest BCUT2D eigenvalue weighted by Crippen LogP contribution is -2.05. The number of para-hydroxylation sites is 1. The molecule has 3 rings (SSSR count). The second-order valence-corrected chi connectivity index (χ2v) is 5.08. The molecule has 0 spiro atoms. The minimum Gasteiger partial charge on any atom is -0.365 e. The van der Waals surface area contributed by atoms with Crippen molar-refractivity contribution in [3.05, 3.63) is 59.1 Å². The summed E-state index contributed by atoms with van der Waals surface area (Å²) >= 11 is 5.90. The van der Waals surface area contributed by atoms with Gasteiger partial charge in [0, 0.05) is 24.0 Å². The average Bonchev–Trinajstić information content (AvgIpc) is 2.53. The highest BCUT2D eigenvalue weighted by Gasteiger charge is 2.06. The lowest BCUT2D eigenvalue weighted by atomic mass is 10.2. The number of hydrogen-bond donors (Lipinski definition) is 2. The smallest absolute Gasteiger partial charge is 0.224 e. The van der Waals surface area contributed by atoms with Crippen LogP contribution in [0.15, 0.2) is 48.5 Å². The number of nitrogens with one attached hydrogen (secondary N) is 2. The van der Waals surface area contributed by atoms with Crippen molar-refractivity contribution >= 4 is 34.3 Å². The Labute approximate surface area is 128 Å². The molecule has 2 N–H and O–H groups in total. The summed E-state index contributed by atoms with van der Waals surface area (Å²) in [6, 6.07) is 15.7. The third kappa shape index (κ3) is 3.06. The molecule has 0 bridgehead atoms. The molecule has 21 heavy (non-hydrogen) atoms. The molecule has 2 aromatic carbocycles. The Hall–Kier alpha value is -2.33. The molecule has 0 aliphatic heterocycles. The molecular formula is C16H15ClN4. The van der Waals surface area contributed by atoms with E-state index in [1.54, 1.807) is 0 Å². The summed E-state index contributed by atoms with van der Waals surface area (Å²) < 4.78 is 0. The van der Waals surface area contributed by atoms with Gasteiger partial charge in [0.05, 0.1) is 5.52 Å². The second-order valence-electron chi connectivity index (χ2n) is 4.64. The number of benzene rings is 2. The fraction of sp³-hybridized carbons (Fsp3) is 0.125. The standard InChI is InChI=1S/C16H15ClN4/c1-18-16-20-14-5-3-2-4-13(14)15(21-16)19-10-11-6-8-12(17)9-7-11/h2-9H,10H2,1H3,(H2,18,19,20,21). The van der Waals surface area contributed by atoms with Gasteiger partial charge in [-0.25, -0.2) is 4.98 Å². The maximum absolute atomic E-state index is 5.90. The molecule has 0 aliphatic rings. The van der Waals surface area contributed by atoms with Crippen LogP contribution in [-0.2, 0) is 6.54 Å². The van der Waals surface area contributed by atoms with Gasteiger partial charge in [0.2, 0.25) is 5.95 Å². The summed E-state index contributed by atoms with van der Waals surface area (Å²) in [6.45, 7) is 0.682. The Balaban J connectivity index is 1.90. The van der Waals surface area contributed by atoms with Gasteiger partial charge >= 0.3 is 0 Å². The van der Waals surface area contributed by atoms with Gasteiger partial charge in [0.15, 0.2) is 0 Å². The fourth-order valence-electron chi connectivity index (χ4n) is 2.11. The first kappa shape index (κ1) is 13.6. The van der Waals surface area contributed by atoms with Crippen molar-refractivity contribution in [1.82, 2.24) is 9.97 Å². The molecule has 0 atom stereocenters. The molecule has 0 fully saturated rings. The van der Waals surface area contributed by atoms with E-state index in [4.69, 9.17) is 11.6 Å². The van der Waals surface area contributed by atoms with Gasteiger partial charge in [0.25, 0.3) is 0 Å². The molecule has 5 heteroatoms. The predicted molar refractivity (Wildman–Crippen MR) is 87.9 cm³/mol. The summed E-state index contributed by atoms with van der Waals surface area (Å²) in [5.74, 6) is 1.42. The molecule has 4 nitrogen and oxygen atoms in total. The van der Waals surface area contributed by atoms with E-state index in [2.05, 4.69) is 20.6 Å². The Kier molecular flexibility index (Phi) is 3.88. The maximum atomic E-state index is 5.90. The lowest BCUT2D eigenvalue weighted by Gasteiger charge is -2.10. The first-order valence-electron chi connectivity index (χ1n) is 6.69. The first-order chi connectivity index (χ1) is 10.3. The van der Waals surface area contributed by atoms with Crippen LogP contribution in [0.5, 0.6) is 0 Å². The number of halogens is 1. The van der Waals surface area contributed by atoms with Gasteiger partial charge in [-0.2, -0.15) is 4.98 Å². The summed E-state index contributed by atoms with van der Waals surface area (Å²) in [5.41, 5.74) is 2.06. The zero-order valence-electron chi connectivity index (χ0n) is 11.6. The summed E-state index contributed by atoms with van der Waals surface area (Å²) in [7, 11) is 1.81. The van der Waals surface area contributed by atoms with Crippen molar-refractivity contribution in [2.24, 2.45) is 0 Å². The van der Waals surface area contributed by atoms with Crippen molar-refractivity contribution in [3.8, 4) is 0 Å². The minimum absolute atomic E-state index is 0.604. The van der Waals surface area contributed by atoms with E-state index in [-0.39, 0.29) is 0 Å². The SMILES string of the molecule is CNc1nc(NCc2ccc(Cl)cc2)c2ccccc2n1. The van der Waals surface area contributed by atoms with Crippen LogP contribution in [0.2, 0.25) is 5.02 Å². The van der Waals surface area contributed by atoms with Crippen molar-refractivity contribution in [2.45, 2.75) is 6.54 Å². The van der Waals surface area contributed by atoms with Crippen LogP contribution in [0.25, 0.3) is 10.9 Å². The van der Waals surface area contributed by atoms with E-state index < -0.39 is 0 Å². The van der Waals surface area contributed by atoms with Crippen molar-refractivity contribution in [2.75, 3.05) is 17.7 Å². The third-order valence-electron chi connectivity index (χ3n) is 3.20. The van der Waals surface area contributed by atoms with Gasteiger partial charge in [-0.3, -0.25) is 0 Å². The summed E-state index contributed by atoms with van der Waals surface area (Å²) in [5, 5.41) is 8.09. The summed E-state index contributed by atoms with van der Waals surface area (Å²) in [6.07, 6.45) is 0. The molecule has 1 heterocycles. The monoisotopic (exact) mass is 298 g/mol. The predicted octanol–water partition coefficient (Wildman–Crippen LogP) is 3.94. The topological polar surface area (TPSA) is 49.8 Å². The molecule has 0 aliphatic carbocycles. The molecule has 0 saturated carbocycles. The number of anilines is 2. The Morgan fingerprint density at radius 3 is 2.52 bits per heavy atom. The number of aromatic nitrogens is 2. The zero-order valence-corrected chi connectivity index (χ0v) is 12.4. The highest BCUT2D eigenvalue weighted by molar-refractivity contribution is 6.30. The number of nitrogens with zero attached hydrogens (tertiary/aromatic N) is 2. The second kappa shape index (κ2) is 5.97. The van der Waals surface area contributed by atoms with E-state index in [0.717, 1.165) is 27.3 Å². The zero-order chi connectivity index (χ0) is 14.7. The molecule has 3 aromatic rings. The van der Waals surface area contributed by atoms with Crippen LogP contribution >= 0.6 is 11.6 Å². The average molecular weight is 299 g/mol. The highest BCUT2D eigenvalue weighted by atomic mass is 35.5. The van der Waals surface area contributed by atoms with Gasteiger partial charge < -0.3 is 10.6 Å².